The summed E-state index contributed by atoms with van der Waals surface area (Å²) in [6, 6.07) is 3.71. The molecule has 0 spiro atoms. The average Bonchev–Trinajstić information content (AvgIpc) is 2.34. The third-order valence-corrected chi connectivity index (χ3v) is 3.20. The van der Waals surface area contributed by atoms with Gasteiger partial charge in [-0.05, 0) is 24.6 Å². The number of nitrogens with one attached hydrogen (secondary N) is 1. The highest BCUT2D eigenvalue weighted by Gasteiger charge is 2.13. The minimum Gasteiger partial charge on any atom is -0.508 e. The molecule has 1 heterocycles. The summed E-state index contributed by atoms with van der Waals surface area (Å²) in [5.41, 5.74) is 1.91. The molecule has 1 fully saturated rings. The molecule has 2 N–H and O–H groups in total. The topological polar surface area (TPSA) is 44.7 Å². The molecule has 1 saturated heterocycles. The second-order valence-corrected chi connectivity index (χ2v) is 4.48. The number of hydrogen-bond donors (Lipinski definition) is 2. The van der Waals surface area contributed by atoms with Crippen molar-refractivity contribution in [3.05, 3.63) is 23.3 Å². The fourth-order valence-electron chi connectivity index (χ4n) is 2.17. The maximum atomic E-state index is 9.94. The molecule has 4 heteroatoms. The quantitative estimate of drug-likeness (QED) is 0.825. The lowest BCUT2D eigenvalue weighted by atomic mass is 10.1. The van der Waals surface area contributed by atoms with Gasteiger partial charge in [0.2, 0.25) is 0 Å². The number of methoxy groups -OCH3 is 1. The van der Waals surface area contributed by atoms with Gasteiger partial charge in [0.05, 0.1) is 7.11 Å². The number of nitrogens with zero attached hydrogens (tertiary/aromatic N) is 1. The van der Waals surface area contributed by atoms with Gasteiger partial charge in [0.25, 0.3) is 0 Å². The molecule has 0 unspecified atom stereocenters. The van der Waals surface area contributed by atoms with Crippen LogP contribution in [0.4, 0.5) is 0 Å². The summed E-state index contributed by atoms with van der Waals surface area (Å²) in [5.74, 6) is 1.20. The second-order valence-electron chi connectivity index (χ2n) is 4.48. The highest BCUT2D eigenvalue weighted by atomic mass is 16.5. The van der Waals surface area contributed by atoms with Crippen molar-refractivity contribution in [2.75, 3.05) is 33.3 Å². The first-order valence-electron chi connectivity index (χ1n) is 6.00. The van der Waals surface area contributed by atoms with Crippen molar-refractivity contribution >= 4 is 0 Å². The molecule has 0 amide bonds. The summed E-state index contributed by atoms with van der Waals surface area (Å²) in [4.78, 5) is 2.33. The van der Waals surface area contributed by atoms with E-state index < -0.39 is 0 Å². The predicted molar refractivity (Wildman–Crippen MR) is 67.5 cm³/mol. The van der Waals surface area contributed by atoms with Crippen molar-refractivity contribution in [3.8, 4) is 11.5 Å². The van der Waals surface area contributed by atoms with Gasteiger partial charge in [-0.25, -0.2) is 0 Å². The van der Waals surface area contributed by atoms with Crippen molar-refractivity contribution in [2.45, 2.75) is 13.5 Å². The van der Waals surface area contributed by atoms with E-state index in [1.807, 2.05) is 13.0 Å². The Hall–Kier alpha value is -1.26. The van der Waals surface area contributed by atoms with Crippen LogP contribution in [0.3, 0.4) is 0 Å². The number of piperazine rings is 1. The molecule has 0 bridgehead atoms. The maximum Gasteiger partial charge on any atom is 0.122 e. The minimum absolute atomic E-state index is 0.363. The highest BCUT2D eigenvalue weighted by Crippen LogP contribution is 2.28. The van der Waals surface area contributed by atoms with Gasteiger partial charge in [0.15, 0.2) is 0 Å². The number of aryl methyl sites for hydroxylation is 1. The number of phenols is 1. The standard InChI is InChI=1S/C13H20N2O2/c1-10-7-12(16)11(8-13(10)17-2)9-15-5-3-14-4-6-15/h7-8,14,16H,3-6,9H2,1-2H3. The van der Waals surface area contributed by atoms with Crippen LogP contribution in [0.1, 0.15) is 11.1 Å². The molecule has 17 heavy (non-hydrogen) atoms. The Labute approximate surface area is 102 Å². The molecular weight excluding hydrogens is 216 g/mol. The van der Waals surface area contributed by atoms with Crippen LogP contribution in [0.2, 0.25) is 0 Å². The average molecular weight is 236 g/mol. The first-order valence-corrected chi connectivity index (χ1v) is 6.00. The van der Waals surface area contributed by atoms with Crippen molar-refractivity contribution in [1.29, 1.82) is 0 Å². The molecule has 0 aromatic heterocycles. The zero-order chi connectivity index (χ0) is 12.3. The van der Waals surface area contributed by atoms with E-state index in [1.165, 1.54) is 0 Å². The van der Waals surface area contributed by atoms with E-state index in [-0.39, 0.29) is 0 Å². The smallest absolute Gasteiger partial charge is 0.122 e. The first kappa shape index (κ1) is 12.2. The maximum absolute atomic E-state index is 9.94. The normalized spacial score (nSPS) is 17.1. The molecule has 4 nitrogen and oxygen atoms in total. The van der Waals surface area contributed by atoms with Crippen LogP contribution >= 0.6 is 0 Å². The number of aromatic hydroxyl groups is 1. The van der Waals surface area contributed by atoms with Gasteiger partial charge >= 0.3 is 0 Å². The summed E-state index contributed by atoms with van der Waals surface area (Å²) < 4.78 is 5.29. The van der Waals surface area contributed by atoms with Crippen LogP contribution in [-0.4, -0.2) is 43.3 Å². The van der Waals surface area contributed by atoms with Gasteiger partial charge < -0.3 is 15.2 Å². The molecule has 2 rings (SSSR count). The van der Waals surface area contributed by atoms with Crippen molar-refractivity contribution in [1.82, 2.24) is 10.2 Å². The van der Waals surface area contributed by atoms with E-state index in [0.29, 0.717) is 5.75 Å². The minimum atomic E-state index is 0.363. The zero-order valence-corrected chi connectivity index (χ0v) is 10.5. The Balaban J connectivity index is 2.13. The summed E-state index contributed by atoms with van der Waals surface area (Å²) in [6.45, 7) is 6.80. The molecule has 1 aromatic carbocycles. The van der Waals surface area contributed by atoms with Gasteiger partial charge in [0, 0.05) is 38.3 Å². The molecule has 1 aromatic rings. The number of benzene rings is 1. The highest BCUT2D eigenvalue weighted by molar-refractivity contribution is 5.45. The summed E-state index contributed by atoms with van der Waals surface area (Å²) >= 11 is 0. The number of ether oxygens (including phenoxy) is 1. The van der Waals surface area contributed by atoms with Crippen molar-refractivity contribution in [2.24, 2.45) is 0 Å². The Morgan fingerprint density at radius 3 is 2.71 bits per heavy atom. The number of rotatable bonds is 3. The van der Waals surface area contributed by atoms with E-state index in [1.54, 1.807) is 13.2 Å². The van der Waals surface area contributed by atoms with Crippen LogP contribution in [0.15, 0.2) is 12.1 Å². The Kier molecular flexibility index (Phi) is 3.86. The summed E-state index contributed by atoms with van der Waals surface area (Å²) in [6.07, 6.45) is 0. The van der Waals surface area contributed by atoms with Crippen molar-refractivity contribution < 1.29 is 9.84 Å². The first-order chi connectivity index (χ1) is 8.20. The number of hydrogen-bond acceptors (Lipinski definition) is 4. The van der Waals surface area contributed by atoms with Crippen LogP contribution < -0.4 is 10.1 Å². The largest absolute Gasteiger partial charge is 0.508 e. The van der Waals surface area contributed by atoms with Gasteiger partial charge in [-0.1, -0.05) is 0 Å². The van der Waals surface area contributed by atoms with Gasteiger partial charge in [-0.3, -0.25) is 4.90 Å². The lowest BCUT2D eigenvalue weighted by Crippen LogP contribution is -2.42. The third-order valence-electron chi connectivity index (χ3n) is 3.20. The lowest BCUT2D eigenvalue weighted by Gasteiger charge is -2.27. The second kappa shape index (κ2) is 5.38. The molecule has 94 valence electrons. The van der Waals surface area contributed by atoms with E-state index in [4.69, 9.17) is 4.74 Å². The van der Waals surface area contributed by atoms with E-state index in [9.17, 15) is 5.11 Å². The van der Waals surface area contributed by atoms with Crippen LogP contribution in [0, 0.1) is 6.92 Å². The van der Waals surface area contributed by atoms with Crippen LogP contribution in [0.25, 0.3) is 0 Å². The van der Waals surface area contributed by atoms with Crippen molar-refractivity contribution in [3.63, 3.8) is 0 Å². The van der Waals surface area contributed by atoms with Gasteiger partial charge in [-0.2, -0.15) is 0 Å². The monoisotopic (exact) mass is 236 g/mol. The van der Waals surface area contributed by atoms with E-state index in [2.05, 4.69) is 10.2 Å². The van der Waals surface area contributed by atoms with Gasteiger partial charge in [0.1, 0.15) is 11.5 Å². The molecule has 0 radical (unpaired) electrons. The Morgan fingerprint density at radius 1 is 1.35 bits per heavy atom. The zero-order valence-electron chi connectivity index (χ0n) is 10.5. The molecule has 0 atom stereocenters. The van der Waals surface area contributed by atoms with Crippen LogP contribution in [0.5, 0.6) is 11.5 Å². The Morgan fingerprint density at radius 2 is 2.06 bits per heavy atom. The summed E-state index contributed by atoms with van der Waals surface area (Å²) in [7, 11) is 1.66. The van der Waals surface area contributed by atoms with E-state index in [0.717, 1.165) is 49.6 Å². The molecule has 1 aliphatic heterocycles. The Bertz CT molecular complexity index is 387. The van der Waals surface area contributed by atoms with Crippen LogP contribution in [-0.2, 0) is 6.54 Å². The molecule has 0 saturated carbocycles. The molecular formula is C13H20N2O2. The summed E-state index contributed by atoms with van der Waals surface area (Å²) in [5, 5.41) is 13.3. The SMILES string of the molecule is COc1cc(CN2CCNCC2)c(O)cc1C. The fraction of sp³-hybridized carbons (Fsp3) is 0.538. The third kappa shape index (κ3) is 2.90. The van der Waals surface area contributed by atoms with Gasteiger partial charge in [-0.15, -0.1) is 0 Å². The molecule has 0 aliphatic carbocycles. The lowest BCUT2D eigenvalue weighted by molar-refractivity contribution is 0.230. The predicted octanol–water partition coefficient (Wildman–Crippen LogP) is 1.11. The number of phenolic OH excluding ortho intramolecular Hbond substituents is 1. The van der Waals surface area contributed by atoms with E-state index >= 15 is 0 Å². The molecule has 1 aliphatic rings. The fourth-order valence-corrected chi connectivity index (χ4v) is 2.17.